The minimum Gasteiger partial charge on any atom is -0.478 e. The summed E-state index contributed by atoms with van der Waals surface area (Å²) in [5.41, 5.74) is -0.899. The summed E-state index contributed by atoms with van der Waals surface area (Å²) in [4.78, 5) is 23.3. The number of sulfonamides is 1. The van der Waals surface area contributed by atoms with Crippen molar-refractivity contribution < 1.29 is 32.6 Å². The van der Waals surface area contributed by atoms with Crippen LogP contribution in [0.1, 0.15) is 44.0 Å². The fourth-order valence-electron chi connectivity index (χ4n) is 2.26. The van der Waals surface area contributed by atoms with Crippen molar-refractivity contribution in [2.24, 2.45) is 5.92 Å². The van der Waals surface area contributed by atoms with Gasteiger partial charge in [0.15, 0.2) is 0 Å². The number of benzene rings is 1. The van der Waals surface area contributed by atoms with Crippen molar-refractivity contribution in [2.45, 2.75) is 39.2 Å². The number of carboxylic acid groups (broad SMARTS) is 1. The van der Waals surface area contributed by atoms with Gasteiger partial charge in [0.1, 0.15) is 16.9 Å². The van der Waals surface area contributed by atoms with E-state index in [1.165, 1.54) is 22.5 Å². The quantitative estimate of drug-likeness (QED) is 0.592. The lowest BCUT2D eigenvalue weighted by Crippen LogP contribution is -2.32. The largest absolute Gasteiger partial charge is 0.514 e. The Morgan fingerprint density at radius 2 is 1.88 bits per heavy atom. The van der Waals surface area contributed by atoms with Gasteiger partial charge in [-0.3, -0.25) is 4.31 Å². The molecular formula is C17H23NO7S. The molecule has 2 rings (SSSR count). The zero-order valence-electron chi connectivity index (χ0n) is 15.2. The van der Waals surface area contributed by atoms with Crippen LogP contribution in [0.3, 0.4) is 0 Å². The zero-order chi connectivity index (χ0) is 19.7. The summed E-state index contributed by atoms with van der Waals surface area (Å²) < 4.78 is 35.3. The molecule has 0 spiro atoms. The Morgan fingerprint density at radius 3 is 2.35 bits per heavy atom. The van der Waals surface area contributed by atoms with Gasteiger partial charge in [-0.2, -0.15) is 0 Å². The molecule has 1 aliphatic carbocycles. The number of rotatable bonds is 6. The fourth-order valence-corrected chi connectivity index (χ4v) is 3.24. The first kappa shape index (κ1) is 20.0. The third-order valence-electron chi connectivity index (χ3n) is 3.59. The molecule has 0 aliphatic heterocycles. The molecule has 0 heterocycles. The van der Waals surface area contributed by atoms with Gasteiger partial charge in [0.25, 0.3) is 0 Å². The van der Waals surface area contributed by atoms with Crippen molar-refractivity contribution in [1.82, 2.24) is 0 Å². The van der Waals surface area contributed by atoms with Crippen LogP contribution >= 0.6 is 0 Å². The van der Waals surface area contributed by atoms with Gasteiger partial charge >= 0.3 is 12.1 Å². The van der Waals surface area contributed by atoms with Crippen LogP contribution in [0.4, 0.5) is 10.5 Å². The molecule has 1 saturated carbocycles. The summed E-state index contributed by atoms with van der Waals surface area (Å²) in [6.45, 7) is 5.25. The smallest absolute Gasteiger partial charge is 0.478 e. The zero-order valence-corrected chi connectivity index (χ0v) is 16.0. The van der Waals surface area contributed by atoms with Crippen LogP contribution in [0.25, 0.3) is 0 Å². The van der Waals surface area contributed by atoms with Crippen molar-refractivity contribution >= 4 is 27.8 Å². The van der Waals surface area contributed by atoms with Crippen LogP contribution in [-0.4, -0.2) is 44.1 Å². The van der Waals surface area contributed by atoms with E-state index in [2.05, 4.69) is 0 Å². The minimum atomic E-state index is -3.57. The molecule has 1 N–H and O–H groups in total. The van der Waals surface area contributed by atoms with Crippen LogP contribution in [0, 0.1) is 5.92 Å². The van der Waals surface area contributed by atoms with Crippen molar-refractivity contribution in [1.29, 1.82) is 0 Å². The number of hydrogen-bond donors (Lipinski definition) is 1. The minimum absolute atomic E-state index is 0.213. The summed E-state index contributed by atoms with van der Waals surface area (Å²) in [5, 5.41) is 9.41. The Kier molecular flexibility index (Phi) is 5.50. The Hall–Kier alpha value is -2.29. The SMILES string of the molecule is CC(C)(C)OC(=O)Oc1ccc(N(CC2CC2)S(C)(=O)=O)cc1C(=O)O. The van der Waals surface area contributed by atoms with E-state index in [0.29, 0.717) is 6.54 Å². The summed E-state index contributed by atoms with van der Waals surface area (Å²) in [5.74, 6) is -1.28. The van der Waals surface area contributed by atoms with E-state index in [4.69, 9.17) is 9.47 Å². The number of aromatic carboxylic acids is 1. The van der Waals surface area contributed by atoms with Gasteiger partial charge in [-0.05, 0) is 57.7 Å². The molecule has 0 aromatic heterocycles. The molecule has 144 valence electrons. The predicted octanol–water partition coefficient (Wildman–Crippen LogP) is 2.87. The number of carboxylic acids is 1. The van der Waals surface area contributed by atoms with Crippen LogP contribution in [-0.2, 0) is 14.8 Å². The highest BCUT2D eigenvalue weighted by Gasteiger charge is 2.30. The normalized spacial score (nSPS) is 14.6. The van der Waals surface area contributed by atoms with Crippen LogP contribution < -0.4 is 9.04 Å². The van der Waals surface area contributed by atoms with Gasteiger partial charge in [-0.15, -0.1) is 0 Å². The maximum Gasteiger partial charge on any atom is 0.514 e. The first-order chi connectivity index (χ1) is 11.9. The Balaban J connectivity index is 2.32. The second-order valence-electron chi connectivity index (χ2n) is 7.29. The number of nitrogens with zero attached hydrogens (tertiary/aromatic N) is 1. The maximum atomic E-state index is 12.1. The Morgan fingerprint density at radius 1 is 1.27 bits per heavy atom. The summed E-state index contributed by atoms with van der Waals surface area (Å²) in [6.07, 6.45) is 1.92. The molecule has 0 bridgehead atoms. The molecule has 9 heteroatoms. The summed E-state index contributed by atoms with van der Waals surface area (Å²) in [6, 6.07) is 3.86. The van der Waals surface area contributed by atoms with Crippen molar-refractivity contribution in [3.8, 4) is 5.75 Å². The van der Waals surface area contributed by atoms with E-state index in [0.717, 1.165) is 19.1 Å². The lowest BCUT2D eigenvalue weighted by molar-refractivity contribution is 0.0204. The first-order valence-electron chi connectivity index (χ1n) is 8.13. The van der Waals surface area contributed by atoms with E-state index < -0.39 is 27.7 Å². The van der Waals surface area contributed by atoms with Crippen LogP contribution in [0.2, 0.25) is 0 Å². The molecule has 0 unspecified atom stereocenters. The molecule has 0 atom stereocenters. The van der Waals surface area contributed by atoms with Crippen LogP contribution in [0.15, 0.2) is 18.2 Å². The van der Waals surface area contributed by atoms with Crippen molar-refractivity contribution in [3.63, 3.8) is 0 Å². The highest BCUT2D eigenvalue weighted by Crippen LogP contribution is 2.34. The third-order valence-corrected chi connectivity index (χ3v) is 4.75. The second kappa shape index (κ2) is 7.14. The fraction of sp³-hybridized carbons (Fsp3) is 0.529. The summed E-state index contributed by atoms with van der Waals surface area (Å²) in [7, 11) is -3.57. The van der Waals surface area contributed by atoms with Crippen molar-refractivity contribution in [2.75, 3.05) is 17.1 Å². The average Bonchev–Trinajstić information content (AvgIpc) is 3.26. The highest BCUT2D eigenvalue weighted by molar-refractivity contribution is 7.92. The number of carbonyl (C=O) groups is 2. The van der Waals surface area contributed by atoms with E-state index in [1.807, 2.05) is 0 Å². The van der Waals surface area contributed by atoms with Gasteiger partial charge in [0, 0.05) is 6.54 Å². The molecule has 8 nitrogen and oxygen atoms in total. The maximum absolute atomic E-state index is 12.1. The molecule has 1 aromatic carbocycles. The van der Waals surface area contributed by atoms with Gasteiger partial charge < -0.3 is 14.6 Å². The molecule has 0 saturated heterocycles. The number of anilines is 1. The standard InChI is InChI=1S/C17H23NO7S/c1-17(2,3)25-16(21)24-14-8-7-12(9-13(14)15(19)20)18(26(4,22)23)10-11-5-6-11/h7-9,11H,5-6,10H2,1-4H3,(H,19,20). The lowest BCUT2D eigenvalue weighted by Gasteiger charge is -2.23. The second-order valence-corrected chi connectivity index (χ2v) is 9.20. The molecule has 0 radical (unpaired) electrons. The molecule has 26 heavy (non-hydrogen) atoms. The average molecular weight is 385 g/mol. The number of ether oxygens (including phenoxy) is 2. The van der Waals surface area contributed by atoms with Gasteiger partial charge in [0.05, 0.1) is 11.9 Å². The molecule has 1 aromatic rings. The van der Waals surface area contributed by atoms with E-state index in [1.54, 1.807) is 20.8 Å². The highest BCUT2D eigenvalue weighted by atomic mass is 32.2. The number of carbonyl (C=O) groups excluding carboxylic acids is 1. The third kappa shape index (κ3) is 5.62. The molecule has 1 aliphatic rings. The molecule has 0 amide bonds. The topological polar surface area (TPSA) is 110 Å². The van der Waals surface area contributed by atoms with Gasteiger partial charge in [-0.1, -0.05) is 0 Å². The Bertz CT molecular complexity index is 807. The molecule has 1 fully saturated rings. The predicted molar refractivity (Wildman–Crippen MR) is 95.2 cm³/mol. The Labute approximate surface area is 152 Å². The lowest BCUT2D eigenvalue weighted by atomic mass is 10.1. The van der Waals surface area contributed by atoms with Gasteiger partial charge in [-0.25, -0.2) is 18.0 Å². The van der Waals surface area contributed by atoms with E-state index in [-0.39, 0.29) is 22.9 Å². The van der Waals surface area contributed by atoms with E-state index >= 15 is 0 Å². The van der Waals surface area contributed by atoms with Crippen molar-refractivity contribution in [3.05, 3.63) is 23.8 Å². The monoisotopic (exact) mass is 385 g/mol. The summed E-state index contributed by atoms with van der Waals surface area (Å²) >= 11 is 0. The first-order valence-corrected chi connectivity index (χ1v) is 9.97. The van der Waals surface area contributed by atoms with E-state index in [9.17, 15) is 23.1 Å². The molecular weight excluding hydrogens is 362 g/mol. The van der Waals surface area contributed by atoms with Gasteiger partial charge in [0.2, 0.25) is 10.0 Å². The van der Waals surface area contributed by atoms with Crippen LogP contribution in [0.5, 0.6) is 5.75 Å². The number of hydrogen-bond acceptors (Lipinski definition) is 6.